The third-order valence-electron chi connectivity index (χ3n) is 3.80. The second-order valence-corrected chi connectivity index (χ2v) is 5.19. The van der Waals surface area contributed by atoms with Gasteiger partial charge in [-0.05, 0) is 37.0 Å². The minimum absolute atomic E-state index is 0.149. The lowest BCUT2D eigenvalue weighted by Crippen LogP contribution is -2.44. The minimum atomic E-state index is -4.82. The maximum absolute atomic E-state index is 12.6. The molecule has 2 rings (SSSR count). The van der Waals surface area contributed by atoms with Crippen LogP contribution in [0.25, 0.3) is 0 Å². The lowest BCUT2D eigenvalue weighted by molar-refractivity contribution is -0.186. The van der Waals surface area contributed by atoms with E-state index in [1.165, 1.54) is 14.2 Å². The van der Waals surface area contributed by atoms with Gasteiger partial charge in [0.05, 0.1) is 14.2 Å². The molecule has 0 N–H and O–H groups in total. The second-order valence-electron chi connectivity index (χ2n) is 5.19. The Balaban J connectivity index is 2.14. The Hall–Kier alpha value is -1.92. The monoisotopic (exact) mass is 317 g/mol. The SMILES string of the molecule is COc1ccc(CC2CCCN2C(=O)C(F)(F)F)cc1OC. The van der Waals surface area contributed by atoms with Crippen LogP contribution in [0.15, 0.2) is 18.2 Å². The average molecular weight is 317 g/mol. The van der Waals surface area contributed by atoms with Crippen molar-refractivity contribution in [2.24, 2.45) is 0 Å². The third-order valence-corrected chi connectivity index (χ3v) is 3.80. The Bertz CT molecular complexity index is 545. The van der Waals surface area contributed by atoms with Crippen LogP contribution in [0.3, 0.4) is 0 Å². The number of benzene rings is 1. The lowest BCUT2D eigenvalue weighted by atomic mass is 10.0. The smallest absolute Gasteiger partial charge is 0.471 e. The molecule has 1 saturated heterocycles. The number of hydrogen-bond acceptors (Lipinski definition) is 3. The normalized spacial score (nSPS) is 18.4. The molecule has 1 aliphatic heterocycles. The summed E-state index contributed by atoms with van der Waals surface area (Å²) >= 11 is 0. The number of alkyl halides is 3. The number of amides is 1. The Kier molecular flexibility index (Phi) is 4.83. The predicted octanol–water partition coefficient (Wildman–Crippen LogP) is 2.80. The summed E-state index contributed by atoms with van der Waals surface area (Å²) in [7, 11) is 3.01. The van der Waals surface area contributed by atoms with Crippen molar-refractivity contribution in [1.29, 1.82) is 0 Å². The molecule has 7 heteroatoms. The second kappa shape index (κ2) is 6.46. The zero-order valence-corrected chi connectivity index (χ0v) is 12.4. The first-order valence-corrected chi connectivity index (χ1v) is 6.95. The molecule has 1 atom stereocenters. The van der Waals surface area contributed by atoms with Gasteiger partial charge in [-0.2, -0.15) is 13.2 Å². The highest BCUT2D eigenvalue weighted by Crippen LogP contribution is 2.31. The fourth-order valence-corrected chi connectivity index (χ4v) is 2.76. The third kappa shape index (κ3) is 3.45. The Labute approximate surface area is 126 Å². The van der Waals surface area contributed by atoms with E-state index in [1.807, 2.05) is 0 Å². The highest BCUT2D eigenvalue weighted by molar-refractivity contribution is 5.82. The summed E-state index contributed by atoms with van der Waals surface area (Å²) < 4.78 is 48.1. The molecule has 0 spiro atoms. The topological polar surface area (TPSA) is 38.8 Å². The molecule has 1 aromatic carbocycles. The van der Waals surface area contributed by atoms with E-state index in [9.17, 15) is 18.0 Å². The first kappa shape index (κ1) is 16.5. The number of hydrogen-bond donors (Lipinski definition) is 0. The van der Waals surface area contributed by atoms with Crippen molar-refractivity contribution in [3.63, 3.8) is 0 Å². The van der Waals surface area contributed by atoms with E-state index in [0.717, 1.165) is 10.5 Å². The molecule has 122 valence electrons. The van der Waals surface area contributed by atoms with Gasteiger partial charge in [-0.1, -0.05) is 6.07 Å². The van der Waals surface area contributed by atoms with E-state index in [0.29, 0.717) is 30.8 Å². The van der Waals surface area contributed by atoms with E-state index in [1.54, 1.807) is 18.2 Å². The molecule has 0 radical (unpaired) electrons. The quantitative estimate of drug-likeness (QED) is 0.857. The average Bonchev–Trinajstić information content (AvgIpc) is 2.93. The standard InChI is InChI=1S/C15H18F3NO3/c1-21-12-6-5-10(9-13(12)22-2)8-11-4-3-7-19(11)14(20)15(16,17)18/h5-6,9,11H,3-4,7-8H2,1-2H3. The number of methoxy groups -OCH3 is 2. The zero-order chi connectivity index (χ0) is 16.3. The van der Waals surface area contributed by atoms with Gasteiger partial charge < -0.3 is 14.4 Å². The van der Waals surface area contributed by atoms with E-state index in [4.69, 9.17) is 9.47 Å². The molecule has 1 heterocycles. The molecule has 1 unspecified atom stereocenters. The van der Waals surface area contributed by atoms with Crippen LogP contribution >= 0.6 is 0 Å². The maximum atomic E-state index is 12.6. The van der Waals surface area contributed by atoms with Gasteiger partial charge >= 0.3 is 12.1 Å². The fraction of sp³-hybridized carbons (Fsp3) is 0.533. The van der Waals surface area contributed by atoms with Gasteiger partial charge in [0, 0.05) is 12.6 Å². The Morgan fingerprint density at radius 1 is 1.27 bits per heavy atom. The molecule has 0 aliphatic carbocycles. The van der Waals surface area contributed by atoms with Crippen LogP contribution in [-0.2, 0) is 11.2 Å². The van der Waals surface area contributed by atoms with Crippen molar-refractivity contribution in [3.8, 4) is 11.5 Å². The lowest BCUT2D eigenvalue weighted by Gasteiger charge is -2.25. The van der Waals surface area contributed by atoms with Crippen molar-refractivity contribution in [2.45, 2.75) is 31.5 Å². The molecule has 0 bridgehead atoms. The molecular weight excluding hydrogens is 299 g/mol. The van der Waals surface area contributed by atoms with Gasteiger partial charge in [0.2, 0.25) is 0 Å². The van der Waals surface area contributed by atoms with Crippen molar-refractivity contribution < 1.29 is 27.4 Å². The van der Waals surface area contributed by atoms with Gasteiger partial charge in [0.1, 0.15) is 0 Å². The van der Waals surface area contributed by atoms with Crippen LogP contribution in [0.4, 0.5) is 13.2 Å². The van der Waals surface area contributed by atoms with Crippen molar-refractivity contribution >= 4 is 5.91 Å². The molecule has 1 aliphatic rings. The van der Waals surface area contributed by atoms with Crippen molar-refractivity contribution in [1.82, 2.24) is 4.90 Å². The summed E-state index contributed by atoms with van der Waals surface area (Å²) in [6.45, 7) is 0.149. The summed E-state index contributed by atoms with van der Waals surface area (Å²) in [6, 6.07) is 4.77. The van der Waals surface area contributed by atoms with E-state index >= 15 is 0 Å². The first-order valence-electron chi connectivity index (χ1n) is 6.95. The zero-order valence-electron chi connectivity index (χ0n) is 12.4. The molecular formula is C15H18F3NO3. The summed E-state index contributed by atoms with van der Waals surface area (Å²) in [5.74, 6) is -0.678. The van der Waals surface area contributed by atoms with Crippen LogP contribution < -0.4 is 9.47 Å². The predicted molar refractivity (Wildman–Crippen MR) is 74.0 cm³/mol. The molecule has 0 saturated carbocycles. The van der Waals surface area contributed by atoms with Gasteiger partial charge in [0.25, 0.3) is 0 Å². The molecule has 1 fully saturated rings. The van der Waals surface area contributed by atoms with E-state index in [2.05, 4.69) is 0 Å². The summed E-state index contributed by atoms with van der Waals surface area (Å²) in [5, 5.41) is 0. The van der Waals surface area contributed by atoms with Gasteiger partial charge in [-0.25, -0.2) is 0 Å². The molecule has 22 heavy (non-hydrogen) atoms. The van der Waals surface area contributed by atoms with E-state index < -0.39 is 18.1 Å². The number of likely N-dealkylation sites (tertiary alicyclic amines) is 1. The number of carbonyl (C=O) groups excluding carboxylic acids is 1. The molecule has 0 aromatic heterocycles. The number of carbonyl (C=O) groups is 1. The Morgan fingerprint density at radius 2 is 1.95 bits per heavy atom. The van der Waals surface area contributed by atoms with Crippen molar-refractivity contribution in [2.75, 3.05) is 20.8 Å². The van der Waals surface area contributed by atoms with Crippen LogP contribution in [-0.4, -0.2) is 43.8 Å². The maximum Gasteiger partial charge on any atom is 0.471 e. The van der Waals surface area contributed by atoms with Crippen LogP contribution in [0.1, 0.15) is 18.4 Å². The van der Waals surface area contributed by atoms with Crippen LogP contribution in [0.2, 0.25) is 0 Å². The molecule has 4 nitrogen and oxygen atoms in total. The minimum Gasteiger partial charge on any atom is -0.493 e. The van der Waals surface area contributed by atoms with Crippen LogP contribution in [0.5, 0.6) is 11.5 Å². The highest BCUT2D eigenvalue weighted by atomic mass is 19.4. The van der Waals surface area contributed by atoms with Crippen LogP contribution in [0, 0.1) is 0 Å². The number of halogens is 3. The van der Waals surface area contributed by atoms with Gasteiger partial charge in [0.15, 0.2) is 11.5 Å². The number of nitrogens with zero attached hydrogens (tertiary/aromatic N) is 1. The number of ether oxygens (including phenoxy) is 2. The van der Waals surface area contributed by atoms with Crippen molar-refractivity contribution in [3.05, 3.63) is 23.8 Å². The largest absolute Gasteiger partial charge is 0.493 e. The Morgan fingerprint density at radius 3 is 2.55 bits per heavy atom. The summed E-state index contributed by atoms with van der Waals surface area (Å²) in [5.41, 5.74) is 0.810. The van der Waals surface area contributed by atoms with Gasteiger partial charge in [-0.3, -0.25) is 4.79 Å². The molecule has 1 amide bonds. The summed E-state index contributed by atoms with van der Waals surface area (Å²) in [4.78, 5) is 12.4. The fourth-order valence-electron chi connectivity index (χ4n) is 2.76. The molecule has 1 aromatic rings. The van der Waals surface area contributed by atoms with E-state index in [-0.39, 0.29) is 6.54 Å². The van der Waals surface area contributed by atoms with Gasteiger partial charge in [-0.15, -0.1) is 0 Å². The highest BCUT2D eigenvalue weighted by Gasteiger charge is 2.45. The number of rotatable bonds is 4. The summed E-state index contributed by atoms with van der Waals surface area (Å²) in [6.07, 6.45) is -3.31. The first-order chi connectivity index (χ1) is 10.4.